The van der Waals surface area contributed by atoms with Gasteiger partial charge in [0.15, 0.2) is 0 Å². The largest absolute Gasteiger partial charge is 0.343 e. The number of aromatic nitrogens is 3. The van der Waals surface area contributed by atoms with Gasteiger partial charge in [0.25, 0.3) is 0 Å². The molecule has 4 rings (SSSR count). The lowest BCUT2D eigenvalue weighted by Crippen LogP contribution is -2.38. The molecule has 1 aliphatic rings. The number of para-hydroxylation sites is 2. The molecule has 0 spiro atoms. The molecule has 1 aliphatic heterocycles. The fourth-order valence-corrected chi connectivity index (χ4v) is 4.37. The minimum Gasteiger partial charge on any atom is -0.343 e. The number of carbonyl (C=O) groups excluding carboxylic acids is 1. The van der Waals surface area contributed by atoms with Crippen molar-refractivity contribution in [3.05, 3.63) is 50.8 Å². The van der Waals surface area contributed by atoms with Gasteiger partial charge >= 0.3 is 4.87 Å². The van der Waals surface area contributed by atoms with Crippen molar-refractivity contribution >= 4 is 28.3 Å². The Morgan fingerprint density at radius 2 is 2.08 bits per heavy atom. The fourth-order valence-electron chi connectivity index (χ4n) is 3.61. The second-order valence-corrected chi connectivity index (χ2v) is 7.66. The van der Waals surface area contributed by atoms with Gasteiger partial charge in [0.2, 0.25) is 5.91 Å². The van der Waals surface area contributed by atoms with Crippen molar-refractivity contribution in [2.24, 2.45) is 0 Å². The smallest absolute Gasteiger partial charge is 0.307 e. The third-order valence-electron chi connectivity index (χ3n) is 5.17. The number of hydrogen-bond acceptors (Lipinski definition) is 4. The molecule has 3 aromatic rings. The molecule has 3 heterocycles. The number of nitrogens with one attached hydrogen (secondary N) is 1. The van der Waals surface area contributed by atoms with Crippen LogP contribution < -0.4 is 4.87 Å². The van der Waals surface area contributed by atoms with Crippen LogP contribution in [0.3, 0.4) is 0 Å². The molecule has 0 aliphatic carbocycles. The molecule has 7 heteroatoms. The maximum absolute atomic E-state index is 12.5. The van der Waals surface area contributed by atoms with Gasteiger partial charge in [-0.05, 0) is 31.9 Å². The van der Waals surface area contributed by atoms with Crippen LogP contribution in [0.2, 0.25) is 0 Å². The van der Waals surface area contributed by atoms with Crippen LogP contribution in [0.4, 0.5) is 0 Å². The molecule has 2 aromatic heterocycles. The highest BCUT2D eigenvalue weighted by molar-refractivity contribution is 7.07. The van der Waals surface area contributed by atoms with Gasteiger partial charge in [-0.15, -0.1) is 0 Å². The minimum atomic E-state index is 0.0129. The van der Waals surface area contributed by atoms with Gasteiger partial charge in [-0.1, -0.05) is 23.5 Å². The Morgan fingerprint density at radius 1 is 1.31 bits per heavy atom. The lowest BCUT2D eigenvalue weighted by atomic mass is 9.96. The van der Waals surface area contributed by atoms with Crippen LogP contribution in [0.25, 0.3) is 11.0 Å². The summed E-state index contributed by atoms with van der Waals surface area (Å²) in [5.41, 5.74) is 2.99. The molecule has 0 unspecified atom stereocenters. The maximum atomic E-state index is 12.5. The number of thiazole rings is 1. The van der Waals surface area contributed by atoms with Gasteiger partial charge in [-0.25, -0.2) is 4.98 Å². The highest BCUT2D eigenvalue weighted by Crippen LogP contribution is 2.28. The molecule has 1 fully saturated rings. The van der Waals surface area contributed by atoms with Crippen molar-refractivity contribution in [1.82, 2.24) is 19.4 Å². The third kappa shape index (κ3) is 3.31. The zero-order chi connectivity index (χ0) is 18.1. The summed E-state index contributed by atoms with van der Waals surface area (Å²) in [7, 11) is 0. The van der Waals surface area contributed by atoms with Crippen LogP contribution >= 0.6 is 11.3 Å². The van der Waals surface area contributed by atoms with Crippen molar-refractivity contribution in [2.45, 2.75) is 38.6 Å². The normalized spacial score (nSPS) is 15.7. The van der Waals surface area contributed by atoms with Crippen molar-refractivity contribution in [3.8, 4) is 0 Å². The molecule has 0 radical (unpaired) electrons. The highest BCUT2D eigenvalue weighted by atomic mass is 32.1. The number of rotatable bonds is 4. The lowest BCUT2D eigenvalue weighted by Gasteiger charge is -2.31. The number of imidazole rings is 1. The van der Waals surface area contributed by atoms with Crippen LogP contribution in [-0.4, -0.2) is 38.4 Å². The number of hydrogen-bond donors (Lipinski definition) is 1. The van der Waals surface area contributed by atoms with Gasteiger partial charge in [0.1, 0.15) is 5.82 Å². The summed E-state index contributed by atoms with van der Waals surface area (Å²) in [5, 5.41) is 1.84. The molecule has 6 nitrogen and oxygen atoms in total. The number of amides is 1. The molecule has 26 heavy (non-hydrogen) atoms. The number of carbonyl (C=O) groups is 1. The second-order valence-electron chi connectivity index (χ2n) is 6.84. The van der Waals surface area contributed by atoms with Crippen LogP contribution in [0, 0.1) is 6.92 Å². The zero-order valence-corrected chi connectivity index (χ0v) is 15.6. The summed E-state index contributed by atoms with van der Waals surface area (Å²) in [5.74, 6) is 1.53. The number of aryl methyl sites for hydroxylation is 1. The summed E-state index contributed by atoms with van der Waals surface area (Å²) in [6.45, 7) is 3.87. The number of aromatic amines is 1. The first-order chi connectivity index (χ1) is 12.6. The quantitative estimate of drug-likeness (QED) is 0.768. The Bertz CT molecular complexity index is 946. The van der Waals surface area contributed by atoms with Crippen LogP contribution in [0.15, 0.2) is 34.4 Å². The van der Waals surface area contributed by atoms with Gasteiger partial charge in [0.05, 0.1) is 11.0 Å². The number of benzene rings is 1. The molecule has 136 valence electrons. The molecule has 1 amide bonds. The SMILES string of the molecule is Cc1csc(=O)n1CCC(=O)N1CCC(c2nc3ccccc3[nH]2)CC1. The predicted molar refractivity (Wildman–Crippen MR) is 103 cm³/mol. The van der Waals surface area contributed by atoms with E-state index in [0.717, 1.165) is 48.5 Å². The Balaban J connectivity index is 1.34. The molecular weight excluding hydrogens is 348 g/mol. The van der Waals surface area contributed by atoms with E-state index in [1.807, 2.05) is 41.5 Å². The molecule has 1 N–H and O–H groups in total. The lowest BCUT2D eigenvalue weighted by molar-refractivity contribution is -0.132. The molecule has 0 bridgehead atoms. The van der Waals surface area contributed by atoms with Crippen LogP contribution in [0.1, 0.15) is 36.7 Å². The van der Waals surface area contributed by atoms with E-state index in [-0.39, 0.29) is 10.8 Å². The fraction of sp³-hybridized carbons (Fsp3) is 0.421. The van der Waals surface area contributed by atoms with Crippen molar-refractivity contribution in [3.63, 3.8) is 0 Å². The minimum absolute atomic E-state index is 0.0129. The van der Waals surface area contributed by atoms with E-state index in [9.17, 15) is 9.59 Å². The third-order valence-corrected chi connectivity index (χ3v) is 6.05. The number of nitrogens with zero attached hydrogens (tertiary/aromatic N) is 3. The summed E-state index contributed by atoms with van der Waals surface area (Å²) in [4.78, 5) is 34.3. The van der Waals surface area contributed by atoms with Gasteiger partial charge < -0.3 is 14.5 Å². The van der Waals surface area contributed by atoms with Gasteiger partial charge in [-0.3, -0.25) is 9.59 Å². The van der Waals surface area contributed by atoms with E-state index in [0.29, 0.717) is 18.9 Å². The standard InChI is InChI=1S/C19H22N4O2S/c1-13-12-26-19(25)23(13)11-8-17(24)22-9-6-14(7-10-22)18-20-15-4-2-3-5-16(15)21-18/h2-5,12,14H,6-11H2,1H3,(H,20,21). The molecule has 1 saturated heterocycles. The van der Waals surface area contributed by atoms with Gasteiger partial charge in [-0.2, -0.15) is 0 Å². The molecular formula is C19H22N4O2S. The summed E-state index contributed by atoms with van der Waals surface area (Å²) >= 11 is 1.19. The van der Waals surface area contributed by atoms with Crippen molar-refractivity contribution in [2.75, 3.05) is 13.1 Å². The maximum Gasteiger partial charge on any atom is 0.307 e. The predicted octanol–water partition coefficient (Wildman–Crippen LogP) is 2.89. The topological polar surface area (TPSA) is 71.0 Å². The molecule has 1 aromatic carbocycles. The van der Waals surface area contributed by atoms with E-state index in [1.165, 1.54) is 11.3 Å². The average molecular weight is 370 g/mol. The number of fused-ring (bicyclic) bond motifs is 1. The molecule has 0 saturated carbocycles. The number of H-pyrrole nitrogens is 1. The molecule has 0 atom stereocenters. The summed E-state index contributed by atoms with van der Waals surface area (Å²) < 4.78 is 1.68. The Hall–Kier alpha value is -2.41. The highest BCUT2D eigenvalue weighted by Gasteiger charge is 2.25. The summed E-state index contributed by atoms with van der Waals surface area (Å²) in [6, 6.07) is 8.06. The van der Waals surface area contributed by atoms with E-state index < -0.39 is 0 Å². The monoisotopic (exact) mass is 370 g/mol. The van der Waals surface area contributed by atoms with E-state index in [4.69, 9.17) is 4.98 Å². The van der Waals surface area contributed by atoms with E-state index in [2.05, 4.69) is 4.98 Å². The zero-order valence-electron chi connectivity index (χ0n) is 14.8. The first-order valence-corrected chi connectivity index (χ1v) is 9.87. The number of piperidine rings is 1. The van der Waals surface area contributed by atoms with Crippen molar-refractivity contribution < 1.29 is 4.79 Å². The van der Waals surface area contributed by atoms with Crippen LogP contribution in [0.5, 0.6) is 0 Å². The second kappa shape index (κ2) is 7.07. The average Bonchev–Trinajstić information content (AvgIpc) is 3.23. The van der Waals surface area contributed by atoms with E-state index in [1.54, 1.807) is 4.57 Å². The van der Waals surface area contributed by atoms with Crippen molar-refractivity contribution in [1.29, 1.82) is 0 Å². The Kier molecular flexibility index (Phi) is 4.63. The van der Waals surface area contributed by atoms with E-state index >= 15 is 0 Å². The first-order valence-electron chi connectivity index (χ1n) is 8.99. The Labute approximate surface area is 155 Å². The Morgan fingerprint density at radius 3 is 2.77 bits per heavy atom. The number of likely N-dealkylation sites (tertiary alicyclic amines) is 1. The van der Waals surface area contributed by atoms with Crippen LogP contribution in [-0.2, 0) is 11.3 Å². The van der Waals surface area contributed by atoms with Gasteiger partial charge in [0, 0.05) is 43.0 Å². The summed E-state index contributed by atoms with van der Waals surface area (Å²) in [6.07, 6.45) is 2.22. The first kappa shape index (κ1) is 17.0.